The van der Waals surface area contributed by atoms with Crippen molar-refractivity contribution in [2.75, 3.05) is 0 Å². The molecule has 0 bridgehead atoms. The number of nitrogens with zero attached hydrogens (tertiary/aromatic N) is 2. The molecule has 0 saturated heterocycles. The highest BCUT2D eigenvalue weighted by Crippen LogP contribution is 2.28. The Bertz CT molecular complexity index is 984. The van der Waals surface area contributed by atoms with Crippen LogP contribution in [0.4, 0.5) is 0 Å². The van der Waals surface area contributed by atoms with Crippen LogP contribution in [-0.4, -0.2) is 9.38 Å². The summed E-state index contributed by atoms with van der Waals surface area (Å²) in [6.07, 6.45) is 4.03. The van der Waals surface area contributed by atoms with Crippen LogP contribution >= 0.6 is 0 Å². The Morgan fingerprint density at radius 1 is 0.833 bits per heavy atom. The zero-order valence-corrected chi connectivity index (χ0v) is 13.7. The SMILES string of the molecule is Cc1ccc(Oc2cccc(-c3cn4ccccc4n3)c2)cc1C. The number of pyridine rings is 1. The van der Waals surface area contributed by atoms with Crippen LogP contribution in [0.25, 0.3) is 16.9 Å². The van der Waals surface area contributed by atoms with Crippen molar-refractivity contribution in [2.45, 2.75) is 13.8 Å². The van der Waals surface area contributed by atoms with Gasteiger partial charge in [0, 0.05) is 18.0 Å². The van der Waals surface area contributed by atoms with Gasteiger partial charge < -0.3 is 9.14 Å². The topological polar surface area (TPSA) is 26.5 Å². The normalized spacial score (nSPS) is 10.9. The summed E-state index contributed by atoms with van der Waals surface area (Å²) >= 11 is 0. The van der Waals surface area contributed by atoms with E-state index in [0.717, 1.165) is 28.4 Å². The summed E-state index contributed by atoms with van der Waals surface area (Å²) in [5.41, 5.74) is 5.41. The van der Waals surface area contributed by atoms with Gasteiger partial charge in [-0.2, -0.15) is 0 Å². The van der Waals surface area contributed by atoms with Crippen LogP contribution in [-0.2, 0) is 0 Å². The Morgan fingerprint density at radius 2 is 1.71 bits per heavy atom. The summed E-state index contributed by atoms with van der Waals surface area (Å²) in [5, 5.41) is 0. The molecule has 0 fully saturated rings. The number of aromatic nitrogens is 2. The third-order valence-electron chi connectivity index (χ3n) is 4.21. The van der Waals surface area contributed by atoms with Crippen molar-refractivity contribution in [3.63, 3.8) is 0 Å². The van der Waals surface area contributed by atoms with Gasteiger partial charge >= 0.3 is 0 Å². The van der Waals surface area contributed by atoms with Crippen molar-refractivity contribution in [3.05, 3.63) is 84.2 Å². The average molecular weight is 314 g/mol. The second-order valence-electron chi connectivity index (χ2n) is 5.97. The largest absolute Gasteiger partial charge is 0.457 e. The lowest BCUT2D eigenvalue weighted by molar-refractivity contribution is 0.482. The Labute approximate surface area is 141 Å². The molecule has 4 rings (SSSR count). The maximum absolute atomic E-state index is 6.02. The maximum atomic E-state index is 6.02. The van der Waals surface area contributed by atoms with Crippen molar-refractivity contribution in [1.82, 2.24) is 9.38 Å². The van der Waals surface area contributed by atoms with E-state index in [1.165, 1.54) is 11.1 Å². The minimum Gasteiger partial charge on any atom is -0.457 e. The smallest absolute Gasteiger partial charge is 0.137 e. The number of ether oxygens (including phenoxy) is 1. The Hall–Kier alpha value is -3.07. The quantitative estimate of drug-likeness (QED) is 0.505. The molecule has 118 valence electrons. The molecule has 0 unspecified atom stereocenters. The summed E-state index contributed by atoms with van der Waals surface area (Å²) < 4.78 is 8.04. The zero-order valence-electron chi connectivity index (χ0n) is 13.7. The van der Waals surface area contributed by atoms with Gasteiger partial charge in [0.1, 0.15) is 17.1 Å². The fraction of sp³-hybridized carbons (Fsp3) is 0.0952. The summed E-state index contributed by atoms with van der Waals surface area (Å²) in [4.78, 5) is 4.66. The number of imidazole rings is 1. The lowest BCUT2D eigenvalue weighted by Crippen LogP contribution is -1.87. The first kappa shape index (κ1) is 14.5. The van der Waals surface area contributed by atoms with Crippen LogP contribution < -0.4 is 4.74 Å². The van der Waals surface area contributed by atoms with E-state index in [1.807, 2.05) is 59.3 Å². The molecule has 0 amide bonds. The van der Waals surface area contributed by atoms with E-state index in [1.54, 1.807) is 0 Å². The molecule has 2 aromatic carbocycles. The second-order valence-corrected chi connectivity index (χ2v) is 5.97. The summed E-state index contributed by atoms with van der Waals surface area (Å²) in [7, 11) is 0. The minimum atomic E-state index is 0.813. The highest BCUT2D eigenvalue weighted by Gasteiger charge is 2.06. The molecule has 0 aliphatic carbocycles. The molecule has 3 heteroatoms. The monoisotopic (exact) mass is 314 g/mol. The van der Waals surface area contributed by atoms with E-state index < -0.39 is 0 Å². The van der Waals surface area contributed by atoms with Crippen molar-refractivity contribution in [3.8, 4) is 22.8 Å². The number of fused-ring (bicyclic) bond motifs is 1. The summed E-state index contributed by atoms with van der Waals surface area (Å²) in [6.45, 7) is 4.19. The maximum Gasteiger partial charge on any atom is 0.137 e. The van der Waals surface area contributed by atoms with E-state index in [2.05, 4.69) is 37.0 Å². The van der Waals surface area contributed by atoms with Crippen LogP contribution in [0.15, 0.2) is 73.1 Å². The van der Waals surface area contributed by atoms with Gasteiger partial charge in [-0.05, 0) is 61.4 Å². The van der Waals surface area contributed by atoms with Crippen molar-refractivity contribution in [1.29, 1.82) is 0 Å². The minimum absolute atomic E-state index is 0.813. The Morgan fingerprint density at radius 3 is 2.54 bits per heavy atom. The van der Waals surface area contributed by atoms with E-state index in [0.29, 0.717) is 0 Å². The van der Waals surface area contributed by atoms with Gasteiger partial charge in [0.25, 0.3) is 0 Å². The molecule has 24 heavy (non-hydrogen) atoms. The highest BCUT2D eigenvalue weighted by molar-refractivity contribution is 5.64. The highest BCUT2D eigenvalue weighted by atomic mass is 16.5. The van der Waals surface area contributed by atoms with E-state index in [4.69, 9.17) is 4.74 Å². The number of hydrogen-bond donors (Lipinski definition) is 0. The van der Waals surface area contributed by atoms with Gasteiger partial charge in [0.05, 0.1) is 5.69 Å². The fourth-order valence-corrected chi connectivity index (χ4v) is 2.71. The van der Waals surface area contributed by atoms with Crippen LogP contribution in [0.5, 0.6) is 11.5 Å². The summed E-state index contributed by atoms with van der Waals surface area (Å²) in [6, 6.07) is 20.2. The Kier molecular flexibility index (Phi) is 3.54. The number of benzene rings is 2. The molecule has 0 radical (unpaired) electrons. The number of hydrogen-bond acceptors (Lipinski definition) is 2. The second kappa shape index (κ2) is 5.85. The van der Waals surface area contributed by atoms with Gasteiger partial charge in [-0.15, -0.1) is 0 Å². The lowest BCUT2D eigenvalue weighted by Gasteiger charge is -2.09. The van der Waals surface area contributed by atoms with E-state index in [-0.39, 0.29) is 0 Å². The van der Waals surface area contributed by atoms with E-state index >= 15 is 0 Å². The molecule has 0 aliphatic heterocycles. The Balaban J connectivity index is 1.66. The molecule has 0 aliphatic rings. The first-order valence-electron chi connectivity index (χ1n) is 7.98. The van der Waals surface area contributed by atoms with Gasteiger partial charge in [0.15, 0.2) is 0 Å². The molecule has 2 aromatic heterocycles. The van der Waals surface area contributed by atoms with E-state index in [9.17, 15) is 0 Å². The van der Waals surface area contributed by atoms with Crippen molar-refractivity contribution in [2.24, 2.45) is 0 Å². The molecule has 3 nitrogen and oxygen atoms in total. The molecule has 0 saturated carbocycles. The van der Waals surface area contributed by atoms with Gasteiger partial charge in [-0.25, -0.2) is 4.98 Å². The fourth-order valence-electron chi connectivity index (χ4n) is 2.71. The molecule has 4 aromatic rings. The predicted octanol–water partition coefficient (Wildman–Crippen LogP) is 5.41. The van der Waals surface area contributed by atoms with Crippen LogP contribution in [0.2, 0.25) is 0 Å². The van der Waals surface area contributed by atoms with Gasteiger partial charge in [0.2, 0.25) is 0 Å². The molecular weight excluding hydrogens is 296 g/mol. The lowest BCUT2D eigenvalue weighted by atomic mass is 10.1. The number of aryl methyl sites for hydroxylation is 2. The standard InChI is InChI=1S/C21H18N2O/c1-15-9-10-19(12-16(15)2)24-18-7-5-6-17(13-18)20-14-23-11-4-3-8-21(23)22-20/h3-14H,1-2H3. The van der Waals surface area contributed by atoms with Crippen LogP contribution in [0.1, 0.15) is 11.1 Å². The summed E-state index contributed by atoms with van der Waals surface area (Å²) in [5.74, 6) is 1.66. The van der Waals surface area contributed by atoms with Crippen LogP contribution in [0, 0.1) is 13.8 Å². The predicted molar refractivity (Wildman–Crippen MR) is 96.6 cm³/mol. The van der Waals surface area contributed by atoms with Gasteiger partial charge in [-0.3, -0.25) is 0 Å². The van der Waals surface area contributed by atoms with Crippen LogP contribution in [0.3, 0.4) is 0 Å². The molecule has 0 spiro atoms. The van der Waals surface area contributed by atoms with Gasteiger partial charge in [-0.1, -0.05) is 24.3 Å². The van der Waals surface area contributed by atoms with Crippen molar-refractivity contribution >= 4 is 5.65 Å². The first-order valence-corrected chi connectivity index (χ1v) is 7.98. The average Bonchev–Trinajstić information content (AvgIpc) is 3.03. The third kappa shape index (κ3) is 2.76. The third-order valence-corrected chi connectivity index (χ3v) is 4.21. The first-order chi connectivity index (χ1) is 11.7. The zero-order chi connectivity index (χ0) is 16.5. The van der Waals surface area contributed by atoms with Crippen molar-refractivity contribution < 1.29 is 4.74 Å². The molecule has 0 atom stereocenters. The molecule has 0 N–H and O–H groups in total. The molecular formula is C21H18N2O. The molecule has 2 heterocycles. The number of rotatable bonds is 3.